The van der Waals surface area contributed by atoms with Gasteiger partial charge in [-0.25, -0.2) is 4.79 Å². The number of rotatable bonds is 7. The number of aromatic carboxylic acids is 1. The van der Waals surface area contributed by atoms with Crippen LogP contribution in [0, 0.1) is 11.8 Å². The Hall–Kier alpha value is -1.59. The average molecular weight is 313 g/mol. The van der Waals surface area contributed by atoms with Gasteiger partial charge in [0.25, 0.3) is 0 Å². The van der Waals surface area contributed by atoms with Crippen molar-refractivity contribution in [1.29, 1.82) is 0 Å². The van der Waals surface area contributed by atoms with E-state index < -0.39 is 5.97 Å². The topological polar surface area (TPSA) is 92.4 Å². The maximum atomic E-state index is 12.0. The molecule has 1 rings (SSSR count). The van der Waals surface area contributed by atoms with E-state index in [4.69, 9.17) is 22.4 Å². The van der Waals surface area contributed by atoms with Crippen molar-refractivity contribution in [1.82, 2.24) is 0 Å². The van der Waals surface area contributed by atoms with Crippen LogP contribution in [0.1, 0.15) is 37.0 Å². The van der Waals surface area contributed by atoms with Crippen molar-refractivity contribution in [3.63, 3.8) is 0 Å². The molecule has 0 heterocycles. The second-order valence-corrected chi connectivity index (χ2v) is 5.89. The maximum Gasteiger partial charge on any atom is 0.335 e. The fourth-order valence-corrected chi connectivity index (χ4v) is 2.37. The highest BCUT2D eigenvalue weighted by Gasteiger charge is 2.15. The third kappa shape index (κ3) is 5.73. The minimum Gasteiger partial charge on any atom is -0.478 e. The van der Waals surface area contributed by atoms with Crippen LogP contribution in [-0.2, 0) is 4.79 Å². The molecule has 6 heteroatoms. The van der Waals surface area contributed by atoms with E-state index in [2.05, 4.69) is 19.2 Å². The molecule has 1 atom stereocenters. The van der Waals surface area contributed by atoms with Gasteiger partial charge in [0, 0.05) is 6.42 Å². The number of nitrogens with two attached hydrogens (primary N) is 1. The van der Waals surface area contributed by atoms with Crippen LogP contribution in [0.5, 0.6) is 0 Å². The monoisotopic (exact) mass is 312 g/mol. The van der Waals surface area contributed by atoms with Gasteiger partial charge in [0.05, 0.1) is 16.3 Å². The van der Waals surface area contributed by atoms with Gasteiger partial charge in [-0.15, -0.1) is 0 Å². The van der Waals surface area contributed by atoms with Gasteiger partial charge < -0.3 is 16.2 Å². The number of carboxylic acid groups (broad SMARTS) is 1. The van der Waals surface area contributed by atoms with Crippen molar-refractivity contribution in [3.05, 3.63) is 28.8 Å². The Balaban J connectivity index is 2.68. The van der Waals surface area contributed by atoms with Gasteiger partial charge >= 0.3 is 5.97 Å². The van der Waals surface area contributed by atoms with Crippen LogP contribution < -0.4 is 11.1 Å². The van der Waals surface area contributed by atoms with Gasteiger partial charge in [-0.1, -0.05) is 25.4 Å². The molecule has 0 fully saturated rings. The lowest BCUT2D eigenvalue weighted by molar-refractivity contribution is -0.117. The smallest absolute Gasteiger partial charge is 0.335 e. The molecule has 1 aromatic rings. The maximum absolute atomic E-state index is 12.0. The summed E-state index contributed by atoms with van der Waals surface area (Å²) in [4.78, 5) is 22.8. The van der Waals surface area contributed by atoms with Crippen molar-refractivity contribution >= 4 is 29.2 Å². The summed E-state index contributed by atoms with van der Waals surface area (Å²) in [5.74, 6) is -0.627. The van der Waals surface area contributed by atoms with Crippen molar-refractivity contribution in [2.24, 2.45) is 17.6 Å². The molecule has 1 amide bonds. The molecule has 0 spiro atoms. The number of carbonyl (C=O) groups excluding carboxylic acids is 1. The van der Waals surface area contributed by atoms with Crippen LogP contribution in [0.2, 0.25) is 5.02 Å². The number of anilines is 1. The van der Waals surface area contributed by atoms with Gasteiger partial charge in [0.2, 0.25) is 5.91 Å². The molecule has 0 aliphatic carbocycles. The summed E-state index contributed by atoms with van der Waals surface area (Å²) in [6.45, 7) is 4.63. The Morgan fingerprint density at radius 3 is 2.52 bits per heavy atom. The first kappa shape index (κ1) is 17.5. The number of halogens is 1. The molecule has 4 N–H and O–H groups in total. The highest BCUT2D eigenvalue weighted by Crippen LogP contribution is 2.24. The van der Waals surface area contributed by atoms with E-state index >= 15 is 0 Å². The zero-order valence-electron chi connectivity index (χ0n) is 12.2. The third-order valence-corrected chi connectivity index (χ3v) is 3.41. The van der Waals surface area contributed by atoms with E-state index in [0.717, 1.165) is 6.42 Å². The van der Waals surface area contributed by atoms with E-state index in [0.29, 0.717) is 24.6 Å². The van der Waals surface area contributed by atoms with E-state index in [9.17, 15) is 9.59 Å². The predicted molar refractivity (Wildman–Crippen MR) is 83.7 cm³/mol. The minimum absolute atomic E-state index is 0.0811. The van der Waals surface area contributed by atoms with Crippen molar-refractivity contribution in [2.75, 3.05) is 11.9 Å². The SMILES string of the molecule is CC(C)CC(CN)CC(=O)Nc1ccc(C(=O)O)cc1Cl. The van der Waals surface area contributed by atoms with Crippen molar-refractivity contribution in [2.45, 2.75) is 26.7 Å². The van der Waals surface area contributed by atoms with Gasteiger partial charge in [-0.05, 0) is 43.0 Å². The van der Waals surface area contributed by atoms with Crippen LogP contribution in [-0.4, -0.2) is 23.5 Å². The van der Waals surface area contributed by atoms with Gasteiger partial charge in [-0.2, -0.15) is 0 Å². The second-order valence-electron chi connectivity index (χ2n) is 5.48. The first-order chi connectivity index (χ1) is 9.83. The lowest BCUT2D eigenvalue weighted by atomic mass is 9.94. The highest BCUT2D eigenvalue weighted by atomic mass is 35.5. The summed E-state index contributed by atoms with van der Waals surface area (Å²) in [7, 11) is 0. The van der Waals surface area contributed by atoms with Crippen LogP contribution in [0.4, 0.5) is 5.69 Å². The van der Waals surface area contributed by atoms with E-state index in [-0.39, 0.29) is 22.4 Å². The highest BCUT2D eigenvalue weighted by molar-refractivity contribution is 6.34. The lowest BCUT2D eigenvalue weighted by Gasteiger charge is -2.17. The van der Waals surface area contributed by atoms with Crippen molar-refractivity contribution in [3.8, 4) is 0 Å². The van der Waals surface area contributed by atoms with Gasteiger partial charge in [0.15, 0.2) is 0 Å². The minimum atomic E-state index is -1.06. The molecule has 21 heavy (non-hydrogen) atoms. The fraction of sp³-hybridized carbons (Fsp3) is 0.467. The molecule has 0 radical (unpaired) electrons. The quantitative estimate of drug-likeness (QED) is 0.721. The standard InChI is InChI=1S/C15H21ClN2O3/c1-9(2)5-10(8-17)6-14(19)18-13-4-3-11(15(20)21)7-12(13)16/h3-4,7,9-10H,5-6,8,17H2,1-2H3,(H,18,19)(H,20,21). The third-order valence-electron chi connectivity index (χ3n) is 3.10. The van der Waals surface area contributed by atoms with Crippen LogP contribution >= 0.6 is 11.6 Å². The molecule has 0 bridgehead atoms. The van der Waals surface area contributed by atoms with Crippen molar-refractivity contribution < 1.29 is 14.7 Å². The molecule has 1 aromatic carbocycles. The molecule has 0 aliphatic heterocycles. The van der Waals surface area contributed by atoms with Crippen LogP contribution in [0.15, 0.2) is 18.2 Å². The molecular weight excluding hydrogens is 292 g/mol. The second kappa shape index (κ2) is 8.00. The number of benzene rings is 1. The van der Waals surface area contributed by atoms with E-state index in [1.807, 2.05) is 0 Å². The lowest BCUT2D eigenvalue weighted by Crippen LogP contribution is -2.23. The summed E-state index contributed by atoms with van der Waals surface area (Å²) in [5, 5.41) is 11.8. The molecule has 0 aliphatic rings. The summed E-state index contributed by atoms with van der Waals surface area (Å²) in [6.07, 6.45) is 1.21. The van der Waals surface area contributed by atoms with Gasteiger partial charge in [0.1, 0.15) is 0 Å². The van der Waals surface area contributed by atoms with Gasteiger partial charge in [-0.3, -0.25) is 4.79 Å². The molecule has 116 valence electrons. The summed E-state index contributed by atoms with van der Waals surface area (Å²) in [6, 6.07) is 4.20. The Morgan fingerprint density at radius 2 is 2.05 bits per heavy atom. The van der Waals surface area contributed by atoms with Crippen LogP contribution in [0.25, 0.3) is 0 Å². The number of carbonyl (C=O) groups is 2. The molecule has 5 nitrogen and oxygen atoms in total. The summed E-state index contributed by atoms with van der Waals surface area (Å²) >= 11 is 5.97. The van der Waals surface area contributed by atoms with Crippen LogP contribution in [0.3, 0.4) is 0 Å². The average Bonchev–Trinajstić information content (AvgIpc) is 2.39. The number of nitrogens with one attached hydrogen (secondary N) is 1. The number of carboxylic acids is 1. The molecule has 0 aromatic heterocycles. The Morgan fingerprint density at radius 1 is 1.38 bits per heavy atom. The number of hydrogen-bond acceptors (Lipinski definition) is 3. The summed E-state index contributed by atoms with van der Waals surface area (Å²) in [5.41, 5.74) is 6.16. The zero-order valence-corrected chi connectivity index (χ0v) is 13.0. The van der Waals surface area contributed by atoms with E-state index in [1.165, 1.54) is 18.2 Å². The molecule has 0 saturated carbocycles. The van der Waals surface area contributed by atoms with E-state index in [1.54, 1.807) is 0 Å². The largest absolute Gasteiger partial charge is 0.478 e. The zero-order chi connectivity index (χ0) is 16.0. The fourth-order valence-electron chi connectivity index (χ4n) is 2.14. The Bertz CT molecular complexity index is 518. The summed E-state index contributed by atoms with van der Waals surface area (Å²) < 4.78 is 0. The first-order valence-corrected chi connectivity index (χ1v) is 7.24. The Kier molecular flexibility index (Phi) is 6.65. The predicted octanol–water partition coefficient (Wildman–Crippen LogP) is 2.99. The normalized spacial score (nSPS) is 12.2. The molecular formula is C15H21ClN2O3. The number of hydrogen-bond donors (Lipinski definition) is 3. The Labute approximate surface area is 129 Å². The molecule has 1 unspecified atom stereocenters. The first-order valence-electron chi connectivity index (χ1n) is 6.86. The number of amides is 1. The molecule has 0 saturated heterocycles.